The molecule has 3 saturated heterocycles. The highest BCUT2D eigenvalue weighted by Gasteiger charge is 2.36. The predicted octanol–water partition coefficient (Wildman–Crippen LogP) is 5.82. The van der Waals surface area contributed by atoms with Crippen LogP contribution in [0.25, 0.3) is 33.3 Å². The summed E-state index contributed by atoms with van der Waals surface area (Å²) in [6.45, 7) is 9.28. The fourth-order valence-corrected chi connectivity index (χ4v) is 11.6. The first-order valence-corrected chi connectivity index (χ1v) is 25.4. The number of benzene rings is 2. The van der Waals surface area contributed by atoms with Gasteiger partial charge in [0, 0.05) is 144 Å². The molecule has 5 aliphatic rings. The maximum atomic E-state index is 15.9. The van der Waals surface area contributed by atoms with Crippen molar-refractivity contribution in [3.05, 3.63) is 128 Å². The maximum absolute atomic E-state index is 15.9. The molecule has 11 rings (SSSR count). The number of piperazine rings is 1. The zero-order valence-corrected chi connectivity index (χ0v) is 41.1. The molecule has 4 fully saturated rings. The summed E-state index contributed by atoms with van der Waals surface area (Å²) in [5.74, 6) is -2.14. The Labute approximate surface area is 415 Å². The number of imide groups is 1. The van der Waals surface area contributed by atoms with Gasteiger partial charge in [-0.25, -0.2) is 18.6 Å². The van der Waals surface area contributed by atoms with E-state index in [4.69, 9.17) is 0 Å². The van der Waals surface area contributed by atoms with Crippen molar-refractivity contribution in [3.63, 3.8) is 0 Å². The Morgan fingerprint density at radius 1 is 0.833 bits per heavy atom. The molecule has 4 aromatic heterocycles. The van der Waals surface area contributed by atoms with Gasteiger partial charge in [0.1, 0.15) is 23.3 Å². The Kier molecular flexibility index (Phi) is 12.8. The van der Waals surface area contributed by atoms with Gasteiger partial charge in [0.25, 0.3) is 11.5 Å². The van der Waals surface area contributed by atoms with Gasteiger partial charge in [-0.15, -0.1) is 0 Å². The van der Waals surface area contributed by atoms with Gasteiger partial charge in [-0.05, 0) is 105 Å². The van der Waals surface area contributed by atoms with E-state index in [1.165, 1.54) is 12.1 Å². The monoisotopic (exact) mass is 981 g/mol. The molecule has 8 heterocycles. The SMILES string of the molecule is CNc1ccn(-c2ccnc3c2cc(CN2CC=C(c4c(F)cc(C(=O)N5CCC(CN6CCN(Cc7ccc8c(c7)n(C7CC7)c(=O)n8[C@H]7CCC(=O)NC7=O)C[C@@H]6C)CC5)cc4F)CC2)n3C)c(=O)c1. The molecule has 2 atom stereocenters. The quantitative estimate of drug-likeness (QED) is 0.144. The van der Waals surface area contributed by atoms with E-state index < -0.39 is 23.6 Å². The molecular formula is C54H61F2N11O5. The van der Waals surface area contributed by atoms with Crippen LogP contribution in [0, 0.1) is 17.6 Å². The smallest absolute Gasteiger partial charge is 0.330 e. The van der Waals surface area contributed by atoms with Crippen LogP contribution in [-0.4, -0.2) is 126 Å². The van der Waals surface area contributed by atoms with Crippen LogP contribution >= 0.6 is 0 Å². The number of pyridine rings is 2. The van der Waals surface area contributed by atoms with Crippen LogP contribution < -0.4 is 21.9 Å². The molecule has 3 amide bonds. The van der Waals surface area contributed by atoms with Crippen molar-refractivity contribution in [1.82, 2.24) is 48.2 Å². The zero-order chi connectivity index (χ0) is 49.9. The van der Waals surface area contributed by atoms with Crippen LogP contribution in [0.2, 0.25) is 0 Å². The molecule has 18 heteroatoms. The van der Waals surface area contributed by atoms with Gasteiger partial charge in [0.2, 0.25) is 11.8 Å². The number of hydrogen-bond donors (Lipinski definition) is 2. The number of imidazole rings is 1. The minimum atomic E-state index is -0.728. The van der Waals surface area contributed by atoms with Crippen molar-refractivity contribution in [2.45, 2.75) is 83.1 Å². The number of hydrogen-bond acceptors (Lipinski definition) is 10. The number of halogens is 2. The lowest BCUT2D eigenvalue weighted by Crippen LogP contribution is -2.53. The lowest BCUT2D eigenvalue weighted by Gasteiger charge is -2.42. The van der Waals surface area contributed by atoms with Gasteiger partial charge in [-0.3, -0.25) is 52.9 Å². The van der Waals surface area contributed by atoms with Gasteiger partial charge >= 0.3 is 5.69 Å². The molecule has 1 aliphatic carbocycles. The number of carbonyl (C=O) groups excluding carboxylic acids is 3. The summed E-state index contributed by atoms with van der Waals surface area (Å²) in [6.07, 6.45) is 9.76. The molecule has 4 aliphatic heterocycles. The van der Waals surface area contributed by atoms with Gasteiger partial charge in [-0.2, -0.15) is 0 Å². The van der Waals surface area contributed by atoms with Crippen LogP contribution in [0.5, 0.6) is 0 Å². The Bertz CT molecular complexity index is 3260. The predicted molar refractivity (Wildman–Crippen MR) is 271 cm³/mol. The molecule has 6 aromatic rings. The molecule has 0 unspecified atom stereocenters. The summed E-state index contributed by atoms with van der Waals surface area (Å²) < 4.78 is 38.8. The minimum Gasteiger partial charge on any atom is -0.388 e. The fraction of sp³-hybridized carbons (Fsp3) is 0.444. The van der Waals surface area contributed by atoms with Crippen LogP contribution in [0.4, 0.5) is 14.5 Å². The highest BCUT2D eigenvalue weighted by Crippen LogP contribution is 2.38. The molecule has 0 bridgehead atoms. The van der Waals surface area contributed by atoms with E-state index in [0.29, 0.717) is 63.1 Å². The summed E-state index contributed by atoms with van der Waals surface area (Å²) in [6, 6.07) is 15.5. The van der Waals surface area contributed by atoms with Crippen LogP contribution in [0.1, 0.15) is 91.1 Å². The number of fused-ring (bicyclic) bond motifs is 2. The Hall–Kier alpha value is -6.76. The number of aromatic nitrogens is 5. The van der Waals surface area contributed by atoms with Crippen molar-refractivity contribution >= 4 is 51.0 Å². The van der Waals surface area contributed by atoms with E-state index in [-0.39, 0.29) is 46.7 Å². The minimum absolute atomic E-state index is 0.0285. The van der Waals surface area contributed by atoms with Crippen molar-refractivity contribution in [2.75, 3.05) is 64.7 Å². The lowest BCUT2D eigenvalue weighted by molar-refractivity contribution is -0.135. The standard InChI is InChI=1S/C54H61F2N11O5/c1-33-29-62(30-35-4-7-45-47(24-35)66(39-5-6-39)54(72)67(45)46-8-9-48(68)59-52(46)70)22-23-64(33)31-34-11-19-63(20-12-34)53(71)37-25-42(55)50(43(56)26-37)36-13-17-61(18-14-36)32-40-28-41-44(10-16-58-51(41)60(40)3)65-21-15-38(57-2)27-49(65)69/h4,7,10,13,15-16,21,24-28,33-34,39,46,57H,5-6,8-9,11-12,14,17-20,22-23,29-32H2,1-3H3,(H,59,68,70)/t33-,46-/m0/s1. The molecule has 2 N–H and O–H groups in total. The normalized spacial score (nSPS) is 20.9. The third kappa shape index (κ3) is 9.08. The van der Waals surface area contributed by atoms with Crippen LogP contribution in [0.3, 0.4) is 0 Å². The van der Waals surface area contributed by atoms with E-state index in [1.807, 2.05) is 52.6 Å². The number of carbonyl (C=O) groups is 3. The summed E-state index contributed by atoms with van der Waals surface area (Å²) in [5, 5.41) is 6.25. The van der Waals surface area contributed by atoms with E-state index >= 15 is 8.78 Å². The largest absolute Gasteiger partial charge is 0.388 e. The molecular weight excluding hydrogens is 921 g/mol. The molecule has 1 saturated carbocycles. The number of nitrogens with one attached hydrogen (secondary N) is 2. The molecule has 72 heavy (non-hydrogen) atoms. The first kappa shape index (κ1) is 47.6. The number of amides is 3. The van der Waals surface area contributed by atoms with Gasteiger partial charge < -0.3 is 14.8 Å². The van der Waals surface area contributed by atoms with Crippen molar-refractivity contribution in [1.29, 1.82) is 0 Å². The number of anilines is 1. The molecule has 16 nitrogen and oxygen atoms in total. The summed E-state index contributed by atoms with van der Waals surface area (Å²) in [7, 11) is 3.72. The van der Waals surface area contributed by atoms with Crippen molar-refractivity contribution in [2.24, 2.45) is 13.0 Å². The Morgan fingerprint density at radius 2 is 1.62 bits per heavy atom. The second-order valence-corrected chi connectivity index (χ2v) is 20.5. The second kappa shape index (κ2) is 19.3. The summed E-state index contributed by atoms with van der Waals surface area (Å²) >= 11 is 0. The third-order valence-corrected chi connectivity index (χ3v) is 15.8. The third-order valence-electron chi connectivity index (χ3n) is 15.8. The van der Waals surface area contributed by atoms with Gasteiger partial charge in [0.05, 0.1) is 16.7 Å². The summed E-state index contributed by atoms with van der Waals surface area (Å²) in [5.41, 5.74) is 6.09. The lowest BCUT2D eigenvalue weighted by atomic mass is 9.94. The maximum Gasteiger partial charge on any atom is 0.330 e. The van der Waals surface area contributed by atoms with E-state index in [9.17, 15) is 24.0 Å². The highest BCUT2D eigenvalue weighted by molar-refractivity contribution is 6.00. The number of nitrogens with zero attached hydrogens (tertiary/aromatic N) is 9. The first-order chi connectivity index (χ1) is 34.8. The van der Waals surface area contributed by atoms with E-state index in [0.717, 1.165) is 103 Å². The van der Waals surface area contributed by atoms with E-state index in [2.05, 4.69) is 43.3 Å². The fourth-order valence-electron chi connectivity index (χ4n) is 11.6. The first-order valence-electron chi connectivity index (χ1n) is 25.4. The Balaban J connectivity index is 0.672. The molecule has 0 radical (unpaired) electrons. The zero-order valence-electron chi connectivity index (χ0n) is 41.1. The van der Waals surface area contributed by atoms with Gasteiger partial charge in [-0.1, -0.05) is 12.1 Å². The van der Waals surface area contributed by atoms with Crippen LogP contribution in [-0.2, 0) is 29.7 Å². The molecule has 2 aromatic carbocycles. The number of aryl methyl sites for hydroxylation is 1. The molecule has 0 spiro atoms. The van der Waals surface area contributed by atoms with E-state index in [1.54, 1.807) is 39.5 Å². The Morgan fingerprint density at radius 3 is 2.32 bits per heavy atom. The number of piperidine rings is 2. The average molecular weight is 982 g/mol. The average Bonchev–Trinajstić information content (AvgIpc) is 4.10. The topological polar surface area (TPSA) is 155 Å². The number of rotatable bonds is 12. The summed E-state index contributed by atoms with van der Waals surface area (Å²) in [4.78, 5) is 78.6. The molecule has 376 valence electrons. The van der Waals surface area contributed by atoms with Crippen molar-refractivity contribution < 1.29 is 23.2 Å². The van der Waals surface area contributed by atoms with Crippen LogP contribution in [0.15, 0.2) is 82.7 Å². The van der Waals surface area contributed by atoms with Crippen molar-refractivity contribution in [3.8, 4) is 5.69 Å². The number of likely N-dealkylation sites (tertiary alicyclic amines) is 1. The highest BCUT2D eigenvalue weighted by atomic mass is 19.1. The second-order valence-electron chi connectivity index (χ2n) is 20.5. The van der Waals surface area contributed by atoms with Gasteiger partial charge in [0.15, 0.2) is 0 Å².